The molecule has 3 nitrogen and oxygen atoms in total. The summed E-state index contributed by atoms with van der Waals surface area (Å²) in [5.41, 5.74) is 0. The molecule has 12 heavy (non-hydrogen) atoms. The number of carbonyl (C=O) groups is 2. The quantitative estimate of drug-likeness (QED) is 0.590. The van der Waals surface area contributed by atoms with Crippen LogP contribution in [0.25, 0.3) is 0 Å². The van der Waals surface area contributed by atoms with E-state index in [0.29, 0.717) is 0 Å². The van der Waals surface area contributed by atoms with Crippen molar-refractivity contribution in [1.82, 2.24) is 0 Å². The lowest BCUT2D eigenvalue weighted by molar-refractivity contribution is -0.124. The summed E-state index contributed by atoms with van der Waals surface area (Å²) in [6, 6.07) is 0. The zero-order chi connectivity index (χ0) is 9.40. The van der Waals surface area contributed by atoms with Gasteiger partial charge in [0.1, 0.15) is 11.6 Å². The fourth-order valence-corrected chi connectivity index (χ4v) is 0.861. The first-order valence-electron chi connectivity index (χ1n) is 4.19. The number of ether oxygens (including phenoxy) is 1. The molecule has 0 aromatic heterocycles. The van der Waals surface area contributed by atoms with Gasteiger partial charge in [0.15, 0.2) is 0 Å². The summed E-state index contributed by atoms with van der Waals surface area (Å²) in [5.74, 6) is -0.125. The zero-order valence-corrected chi connectivity index (χ0v) is 7.76. The lowest BCUT2D eigenvalue weighted by atomic mass is 10.2. The molecule has 0 bridgehead atoms. The second-order valence-corrected chi connectivity index (χ2v) is 2.90. The van der Waals surface area contributed by atoms with Crippen molar-refractivity contribution in [2.75, 3.05) is 13.2 Å². The molecule has 1 fully saturated rings. The first-order valence-corrected chi connectivity index (χ1v) is 4.19. The van der Waals surface area contributed by atoms with Crippen LogP contribution in [0.15, 0.2) is 0 Å². The van der Waals surface area contributed by atoms with Crippen LogP contribution in [0.4, 0.5) is 0 Å². The summed E-state index contributed by atoms with van der Waals surface area (Å²) in [4.78, 5) is 20.1. The standard InChI is InChI=1S/C5H8O2.C4H8O/c1-4(6)3-5(2)7;1-2-4-5-3-1/h3H2,1-2H3;1-4H2. The monoisotopic (exact) mass is 172 g/mol. The van der Waals surface area contributed by atoms with E-state index in [1.54, 1.807) is 0 Å². The maximum Gasteiger partial charge on any atom is 0.137 e. The number of hydrogen-bond donors (Lipinski definition) is 0. The summed E-state index contributed by atoms with van der Waals surface area (Å²) in [7, 11) is 0. The summed E-state index contributed by atoms with van der Waals surface area (Å²) in [6.07, 6.45) is 2.64. The zero-order valence-electron chi connectivity index (χ0n) is 7.76. The van der Waals surface area contributed by atoms with Gasteiger partial charge in [-0.25, -0.2) is 0 Å². The SMILES string of the molecule is C1CCOC1.CC(=O)CC(C)=O. The van der Waals surface area contributed by atoms with Crippen LogP contribution in [0.1, 0.15) is 33.1 Å². The smallest absolute Gasteiger partial charge is 0.137 e. The van der Waals surface area contributed by atoms with E-state index in [0.717, 1.165) is 13.2 Å². The van der Waals surface area contributed by atoms with Crippen molar-refractivity contribution < 1.29 is 14.3 Å². The van der Waals surface area contributed by atoms with E-state index >= 15 is 0 Å². The molecule has 0 N–H and O–H groups in total. The van der Waals surface area contributed by atoms with Crippen molar-refractivity contribution in [3.8, 4) is 0 Å². The van der Waals surface area contributed by atoms with Crippen LogP contribution in [0.2, 0.25) is 0 Å². The predicted octanol–water partition coefficient (Wildman–Crippen LogP) is 1.35. The first-order chi connectivity index (χ1) is 5.63. The van der Waals surface area contributed by atoms with Crippen molar-refractivity contribution in [3.05, 3.63) is 0 Å². The normalized spacial score (nSPS) is 14.8. The molecule has 0 aromatic rings. The molecule has 3 heteroatoms. The maximum atomic E-state index is 10.0. The Balaban J connectivity index is 0.000000211. The molecule has 0 spiro atoms. The molecule has 0 atom stereocenters. The number of rotatable bonds is 2. The van der Waals surface area contributed by atoms with E-state index in [1.165, 1.54) is 26.7 Å². The van der Waals surface area contributed by atoms with E-state index in [1.807, 2.05) is 0 Å². The van der Waals surface area contributed by atoms with Gasteiger partial charge in [-0.3, -0.25) is 9.59 Å². The molecule has 70 valence electrons. The van der Waals surface area contributed by atoms with Gasteiger partial charge in [0.25, 0.3) is 0 Å². The van der Waals surface area contributed by atoms with Crippen LogP contribution < -0.4 is 0 Å². The van der Waals surface area contributed by atoms with Gasteiger partial charge < -0.3 is 4.74 Å². The van der Waals surface area contributed by atoms with Crippen molar-refractivity contribution in [3.63, 3.8) is 0 Å². The second kappa shape index (κ2) is 6.98. The highest BCUT2D eigenvalue weighted by Gasteiger charge is 1.95. The number of Topliss-reactive ketones (excluding diaryl/α,β-unsaturated/α-hetero) is 2. The highest BCUT2D eigenvalue weighted by molar-refractivity contribution is 5.96. The first kappa shape index (κ1) is 11.3. The van der Waals surface area contributed by atoms with Gasteiger partial charge in [0, 0.05) is 13.2 Å². The van der Waals surface area contributed by atoms with Gasteiger partial charge in [0.05, 0.1) is 6.42 Å². The van der Waals surface area contributed by atoms with Gasteiger partial charge in [0.2, 0.25) is 0 Å². The highest BCUT2D eigenvalue weighted by Crippen LogP contribution is 1.98. The fourth-order valence-electron chi connectivity index (χ4n) is 0.861. The van der Waals surface area contributed by atoms with Crippen LogP contribution >= 0.6 is 0 Å². The Hall–Kier alpha value is -0.700. The van der Waals surface area contributed by atoms with E-state index in [4.69, 9.17) is 4.74 Å². The lowest BCUT2D eigenvalue weighted by Gasteiger charge is -1.81. The van der Waals surface area contributed by atoms with E-state index < -0.39 is 0 Å². The van der Waals surface area contributed by atoms with Crippen molar-refractivity contribution in [2.24, 2.45) is 0 Å². The molecule has 1 saturated heterocycles. The molecule has 0 aliphatic carbocycles. The van der Waals surface area contributed by atoms with Gasteiger partial charge in [-0.05, 0) is 26.7 Å². The Kier molecular flexibility index (Phi) is 6.57. The molecule has 0 aromatic carbocycles. The van der Waals surface area contributed by atoms with Crippen molar-refractivity contribution >= 4 is 11.6 Å². The van der Waals surface area contributed by atoms with Crippen LogP contribution in [0.5, 0.6) is 0 Å². The third kappa shape index (κ3) is 9.30. The molecule has 0 amide bonds. The maximum absolute atomic E-state index is 10.0. The lowest BCUT2D eigenvalue weighted by Crippen LogP contribution is -1.97. The van der Waals surface area contributed by atoms with E-state index in [-0.39, 0.29) is 18.0 Å². The minimum Gasteiger partial charge on any atom is -0.381 e. The van der Waals surface area contributed by atoms with Crippen LogP contribution in [-0.4, -0.2) is 24.8 Å². The van der Waals surface area contributed by atoms with Crippen LogP contribution in [0, 0.1) is 0 Å². The van der Waals surface area contributed by atoms with Crippen LogP contribution in [0.3, 0.4) is 0 Å². The minimum atomic E-state index is -0.0625. The Morgan fingerprint density at radius 3 is 1.58 bits per heavy atom. The predicted molar refractivity (Wildman–Crippen MR) is 46.0 cm³/mol. The summed E-state index contributed by atoms with van der Waals surface area (Å²) < 4.78 is 4.94. The van der Waals surface area contributed by atoms with Gasteiger partial charge >= 0.3 is 0 Å². The van der Waals surface area contributed by atoms with Gasteiger partial charge in [-0.2, -0.15) is 0 Å². The third-order valence-electron chi connectivity index (χ3n) is 1.33. The number of hydrogen-bond acceptors (Lipinski definition) is 3. The third-order valence-corrected chi connectivity index (χ3v) is 1.33. The Morgan fingerprint density at radius 1 is 1.08 bits per heavy atom. The molecule has 1 aliphatic rings. The van der Waals surface area contributed by atoms with Gasteiger partial charge in [-0.1, -0.05) is 0 Å². The molecule has 0 unspecified atom stereocenters. The average Bonchev–Trinajstić information content (AvgIpc) is 2.36. The Labute approximate surface area is 73.1 Å². The van der Waals surface area contributed by atoms with Crippen molar-refractivity contribution in [1.29, 1.82) is 0 Å². The Morgan fingerprint density at radius 2 is 1.50 bits per heavy atom. The molecule has 1 rings (SSSR count). The van der Waals surface area contributed by atoms with Gasteiger partial charge in [-0.15, -0.1) is 0 Å². The van der Waals surface area contributed by atoms with E-state index in [2.05, 4.69) is 0 Å². The molecular formula is C9H16O3. The minimum absolute atomic E-state index is 0.0625. The van der Waals surface area contributed by atoms with Crippen molar-refractivity contribution in [2.45, 2.75) is 33.1 Å². The molecule has 1 heterocycles. The summed E-state index contributed by atoms with van der Waals surface area (Å²) in [5, 5.41) is 0. The molecule has 0 saturated carbocycles. The largest absolute Gasteiger partial charge is 0.381 e. The Bertz CT molecular complexity index is 128. The van der Waals surface area contributed by atoms with Crippen LogP contribution in [-0.2, 0) is 14.3 Å². The van der Waals surface area contributed by atoms with E-state index in [9.17, 15) is 9.59 Å². The second-order valence-electron chi connectivity index (χ2n) is 2.90. The summed E-state index contributed by atoms with van der Waals surface area (Å²) in [6.45, 7) is 4.81. The molecule has 0 radical (unpaired) electrons. The topological polar surface area (TPSA) is 43.4 Å². The summed E-state index contributed by atoms with van der Waals surface area (Å²) >= 11 is 0. The molecule has 1 aliphatic heterocycles. The highest BCUT2D eigenvalue weighted by atomic mass is 16.5. The average molecular weight is 172 g/mol. The molecular weight excluding hydrogens is 156 g/mol. The number of carbonyl (C=O) groups excluding carboxylic acids is 2. The number of ketones is 2. The fraction of sp³-hybridized carbons (Fsp3) is 0.778.